The van der Waals surface area contributed by atoms with Gasteiger partial charge in [-0.2, -0.15) is 5.10 Å². The van der Waals surface area contributed by atoms with Gasteiger partial charge in [0.1, 0.15) is 17.8 Å². The number of hydrogen-bond acceptors (Lipinski definition) is 6. The fourth-order valence-corrected chi connectivity index (χ4v) is 4.05. The van der Waals surface area contributed by atoms with E-state index < -0.39 is 0 Å². The smallest absolute Gasteiger partial charge is 0.266 e. The average molecular weight is 410 g/mol. The van der Waals surface area contributed by atoms with Crippen LogP contribution in [0.5, 0.6) is 0 Å². The standard InChI is InChI=1S/C22H31N7O/c1-22(2,3)18-7-8-19(30)29(27-18)13-12-28-11-5-4-6-16(28)14-24-21-17-9-10-23-20(17)25-15-26-21/h7-10,15-16H,4-6,11-14H2,1-3H3,(H2,23,24,25,26). The van der Waals surface area contributed by atoms with Gasteiger partial charge in [-0.05, 0) is 31.5 Å². The molecule has 4 heterocycles. The van der Waals surface area contributed by atoms with E-state index in [2.05, 4.69) is 51.0 Å². The number of anilines is 1. The fraction of sp³-hybridized carbons (Fsp3) is 0.545. The van der Waals surface area contributed by atoms with Gasteiger partial charge >= 0.3 is 0 Å². The molecule has 1 aliphatic heterocycles. The molecule has 0 bridgehead atoms. The third-order valence-electron chi connectivity index (χ3n) is 5.84. The lowest BCUT2D eigenvalue weighted by Crippen LogP contribution is -2.45. The largest absolute Gasteiger partial charge is 0.368 e. The van der Waals surface area contributed by atoms with Crippen LogP contribution in [0.3, 0.4) is 0 Å². The summed E-state index contributed by atoms with van der Waals surface area (Å²) in [5, 5.41) is 9.14. The van der Waals surface area contributed by atoms with Crippen molar-refractivity contribution in [2.45, 2.75) is 58.0 Å². The van der Waals surface area contributed by atoms with E-state index in [0.29, 0.717) is 12.6 Å². The highest BCUT2D eigenvalue weighted by Crippen LogP contribution is 2.21. The molecule has 0 saturated carbocycles. The van der Waals surface area contributed by atoms with E-state index in [4.69, 9.17) is 0 Å². The molecule has 1 unspecified atom stereocenters. The third kappa shape index (κ3) is 4.53. The minimum atomic E-state index is -0.0753. The van der Waals surface area contributed by atoms with Crippen molar-refractivity contribution in [3.05, 3.63) is 46.8 Å². The quantitative estimate of drug-likeness (QED) is 0.650. The van der Waals surface area contributed by atoms with Gasteiger partial charge in [0.2, 0.25) is 0 Å². The van der Waals surface area contributed by atoms with Crippen molar-refractivity contribution in [1.29, 1.82) is 0 Å². The zero-order valence-electron chi connectivity index (χ0n) is 18.1. The number of piperidine rings is 1. The number of nitrogens with zero attached hydrogens (tertiary/aromatic N) is 5. The molecule has 1 atom stereocenters. The Kier molecular flexibility index (Phi) is 5.85. The molecule has 3 aromatic rings. The minimum absolute atomic E-state index is 0.0366. The summed E-state index contributed by atoms with van der Waals surface area (Å²) in [6.45, 7) is 9.64. The summed E-state index contributed by atoms with van der Waals surface area (Å²) in [6, 6.07) is 5.89. The molecule has 0 amide bonds. The van der Waals surface area contributed by atoms with E-state index in [1.807, 2.05) is 18.3 Å². The second-order valence-electron chi connectivity index (χ2n) is 9.06. The molecular weight excluding hydrogens is 378 g/mol. The monoisotopic (exact) mass is 409 g/mol. The van der Waals surface area contributed by atoms with Gasteiger partial charge in [0.15, 0.2) is 0 Å². The van der Waals surface area contributed by atoms with Crippen LogP contribution in [0.2, 0.25) is 0 Å². The van der Waals surface area contributed by atoms with Crippen molar-refractivity contribution in [2.75, 3.05) is 25.0 Å². The summed E-state index contributed by atoms with van der Waals surface area (Å²) in [5.41, 5.74) is 1.68. The molecule has 3 aromatic heterocycles. The van der Waals surface area contributed by atoms with E-state index in [0.717, 1.165) is 48.6 Å². The minimum Gasteiger partial charge on any atom is -0.368 e. The number of hydrogen-bond donors (Lipinski definition) is 2. The normalized spacial score (nSPS) is 18.0. The predicted octanol–water partition coefficient (Wildman–Crippen LogP) is 2.78. The van der Waals surface area contributed by atoms with E-state index >= 15 is 0 Å². The van der Waals surface area contributed by atoms with Gasteiger partial charge in [0.25, 0.3) is 5.56 Å². The van der Waals surface area contributed by atoms with Gasteiger partial charge in [0, 0.05) is 36.8 Å². The Bertz CT molecular complexity index is 1050. The van der Waals surface area contributed by atoms with Crippen LogP contribution < -0.4 is 10.9 Å². The lowest BCUT2D eigenvalue weighted by Gasteiger charge is -2.36. The molecule has 8 heteroatoms. The summed E-state index contributed by atoms with van der Waals surface area (Å²) >= 11 is 0. The Labute approximate surface area is 176 Å². The second-order valence-corrected chi connectivity index (χ2v) is 9.06. The van der Waals surface area contributed by atoms with Crippen molar-refractivity contribution in [3.8, 4) is 0 Å². The molecule has 30 heavy (non-hydrogen) atoms. The highest BCUT2D eigenvalue weighted by atomic mass is 16.1. The van der Waals surface area contributed by atoms with E-state index in [9.17, 15) is 4.79 Å². The highest BCUT2D eigenvalue weighted by Gasteiger charge is 2.23. The first kappa shape index (κ1) is 20.5. The highest BCUT2D eigenvalue weighted by molar-refractivity contribution is 5.86. The lowest BCUT2D eigenvalue weighted by atomic mass is 9.92. The van der Waals surface area contributed by atoms with E-state index in [-0.39, 0.29) is 11.0 Å². The molecule has 0 radical (unpaired) electrons. The molecule has 2 N–H and O–H groups in total. The van der Waals surface area contributed by atoms with Crippen LogP contribution in [0.1, 0.15) is 45.7 Å². The summed E-state index contributed by atoms with van der Waals surface area (Å²) in [7, 11) is 0. The van der Waals surface area contributed by atoms with Crippen LogP contribution in [-0.4, -0.2) is 55.3 Å². The molecule has 0 aromatic carbocycles. The zero-order valence-corrected chi connectivity index (χ0v) is 18.1. The molecule has 4 rings (SSSR count). The summed E-state index contributed by atoms with van der Waals surface area (Å²) in [5.74, 6) is 0.863. The van der Waals surface area contributed by atoms with Crippen LogP contribution in [0.4, 0.5) is 5.82 Å². The fourth-order valence-electron chi connectivity index (χ4n) is 4.05. The number of nitrogens with one attached hydrogen (secondary N) is 2. The van der Waals surface area contributed by atoms with E-state index in [1.54, 1.807) is 17.1 Å². The first-order valence-corrected chi connectivity index (χ1v) is 10.8. The molecule has 1 fully saturated rings. The lowest BCUT2D eigenvalue weighted by molar-refractivity contribution is 0.147. The number of aromatic nitrogens is 5. The van der Waals surface area contributed by atoms with Crippen LogP contribution in [-0.2, 0) is 12.0 Å². The summed E-state index contributed by atoms with van der Waals surface area (Å²) < 4.78 is 1.62. The average Bonchev–Trinajstić information content (AvgIpc) is 3.21. The van der Waals surface area contributed by atoms with Crippen LogP contribution in [0.15, 0.2) is 35.5 Å². The molecular formula is C22H31N7O. The molecule has 0 spiro atoms. The SMILES string of the molecule is CC(C)(C)c1ccc(=O)n(CCN2CCCCC2CNc2ncnc3[nH]ccc23)n1. The van der Waals surface area contributed by atoms with Crippen LogP contribution in [0, 0.1) is 0 Å². The van der Waals surface area contributed by atoms with Gasteiger partial charge in [-0.25, -0.2) is 14.6 Å². The van der Waals surface area contributed by atoms with Gasteiger partial charge < -0.3 is 10.3 Å². The topological polar surface area (TPSA) is 91.7 Å². The summed E-state index contributed by atoms with van der Waals surface area (Å²) in [6.07, 6.45) is 7.02. The number of rotatable bonds is 6. The van der Waals surface area contributed by atoms with Crippen molar-refractivity contribution in [3.63, 3.8) is 0 Å². The van der Waals surface area contributed by atoms with Gasteiger partial charge in [-0.15, -0.1) is 0 Å². The van der Waals surface area contributed by atoms with Crippen molar-refractivity contribution in [2.24, 2.45) is 0 Å². The molecule has 160 valence electrons. The van der Waals surface area contributed by atoms with Crippen LogP contribution in [0.25, 0.3) is 11.0 Å². The van der Waals surface area contributed by atoms with Gasteiger partial charge in [0.05, 0.1) is 17.6 Å². The number of fused-ring (bicyclic) bond motifs is 1. The van der Waals surface area contributed by atoms with Gasteiger partial charge in [-0.1, -0.05) is 27.2 Å². The Hall–Kier alpha value is -2.74. The first-order valence-electron chi connectivity index (χ1n) is 10.8. The number of H-pyrrole nitrogens is 1. The van der Waals surface area contributed by atoms with Crippen molar-refractivity contribution >= 4 is 16.9 Å². The van der Waals surface area contributed by atoms with Crippen molar-refractivity contribution in [1.82, 2.24) is 29.6 Å². The zero-order chi connectivity index (χ0) is 21.1. The third-order valence-corrected chi connectivity index (χ3v) is 5.84. The Balaban J connectivity index is 1.42. The maximum atomic E-state index is 12.3. The van der Waals surface area contributed by atoms with Gasteiger partial charge in [-0.3, -0.25) is 9.69 Å². The maximum absolute atomic E-state index is 12.3. The Morgan fingerprint density at radius 1 is 1.17 bits per heavy atom. The molecule has 8 nitrogen and oxygen atoms in total. The molecule has 1 saturated heterocycles. The van der Waals surface area contributed by atoms with Crippen LogP contribution >= 0.6 is 0 Å². The predicted molar refractivity (Wildman–Crippen MR) is 119 cm³/mol. The van der Waals surface area contributed by atoms with E-state index in [1.165, 1.54) is 12.8 Å². The Morgan fingerprint density at radius 2 is 2.03 bits per heavy atom. The number of likely N-dealkylation sites (tertiary alicyclic amines) is 1. The second kappa shape index (κ2) is 8.55. The maximum Gasteiger partial charge on any atom is 0.266 e. The molecule has 0 aliphatic carbocycles. The summed E-state index contributed by atoms with van der Waals surface area (Å²) in [4.78, 5) is 26.6. The Morgan fingerprint density at radius 3 is 2.87 bits per heavy atom. The number of aromatic amines is 1. The molecule has 1 aliphatic rings. The van der Waals surface area contributed by atoms with Crippen molar-refractivity contribution < 1.29 is 0 Å². The first-order chi connectivity index (χ1) is 14.4.